The van der Waals surface area contributed by atoms with E-state index in [-0.39, 0.29) is 45.7 Å². The molecule has 0 unspecified atom stereocenters. The van der Waals surface area contributed by atoms with Gasteiger partial charge in [0.2, 0.25) is 11.5 Å². The lowest BCUT2D eigenvalue weighted by atomic mass is 10.0. The second-order valence-electron chi connectivity index (χ2n) is 11.6. The van der Waals surface area contributed by atoms with Crippen LogP contribution in [0.15, 0.2) is 52.1 Å². The fraction of sp³-hybridized carbons (Fsp3) is 0.367. The van der Waals surface area contributed by atoms with E-state index in [0.717, 1.165) is 33.8 Å². The lowest BCUT2D eigenvalue weighted by molar-refractivity contribution is -0.141. The van der Waals surface area contributed by atoms with Crippen molar-refractivity contribution < 1.29 is 40.3 Å². The van der Waals surface area contributed by atoms with Crippen molar-refractivity contribution in [3.05, 3.63) is 91.7 Å². The van der Waals surface area contributed by atoms with Gasteiger partial charge in [-0.25, -0.2) is 13.5 Å². The van der Waals surface area contributed by atoms with Crippen molar-refractivity contribution in [2.75, 3.05) is 5.88 Å². The van der Waals surface area contributed by atoms with Gasteiger partial charge in [0.15, 0.2) is 5.69 Å². The number of aromatic nitrogens is 5. The first-order valence-corrected chi connectivity index (χ1v) is 15.6. The van der Waals surface area contributed by atoms with E-state index in [4.69, 9.17) is 11.6 Å². The molecule has 0 fully saturated rings. The molecule has 0 aliphatic rings. The van der Waals surface area contributed by atoms with Crippen molar-refractivity contribution in [1.82, 2.24) is 34.8 Å². The second-order valence-corrected chi connectivity index (χ2v) is 12.8. The van der Waals surface area contributed by atoms with Gasteiger partial charge in [0.1, 0.15) is 17.7 Å². The monoisotopic (exact) mass is 781 g/mol. The van der Waals surface area contributed by atoms with Crippen LogP contribution in [0.2, 0.25) is 0 Å². The summed E-state index contributed by atoms with van der Waals surface area (Å²) in [5.41, 5.74) is -3.53. The Labute approximate surface area is 287 Å². The van der Waals surface area contributed by atoms with Crippen molar-refractivity contribution >= 4 is 39.3 Å². The zero-order valence-corrected chi connectivity index (χ0v) is 28.2. The van der Waals surface area contributed by atoms with Crippen LogP contribution in [0.4, 0.5) is 30.7 Å². The normalized spacial score (nSPS) is 12.8. The number of hydrogen-bond acceptors (Lipinski definition) is 5. The van der Waals surface area contributed by atoms with E-state index in [2.05, 4.69) is 36.8 Å². The average molecular weight is 783 g/mol. The molecule has 0 spiro atoms. The smallest absolute Gasteiger partial charge is 0.348 e. The van der Waals surface area contributed by atoms with Crippen molar-refractivity contribution in [3.8, 4) is 11.3 Å². The molecule has 19 heteroatoms. The lowest BCUT2D eigenvalue weighted by Crippen LogP contribution is -2.55. The number of rotatable bonds is 12. The Hall–Kier alpha value is -4.19. The second kappa shape index (κ2) is 14.7. The maximum Gasteiger partial charge on any atom is 0.435 e. The fourth-order valence-corrected chi connectivity index (χ4v) is 5.67. The minimum absolute atomic E-state index is 0.0290. The van der Waals surface area contributed by atoms with Crippen LogP contribution in [0.5, 0.6) is 0 Å². The lowest BCUT2D eigenvalue weighted by Gasteiger charge is -2.30. The predicted molar refractivity (Wildman–Crippen MR) is 167 cm³/mol. The van der Waals surface area contributed by atoms with Crippen LogP contribution in [-0.2, 0) is 37.4 Å². The molecule has 0 aliphatic carbocycles. The molecule has 1 aromatic carbocycles. The van der Waals surface area contributed by atoms with Gasteiger partial charge in [0.25, 0.3) is 5.91 Å². The molecule has 4 rings (SSSR count). The molecular formula is C30H28BrClF7N7O3. The van der Waals surface area contributed by atoms with Gasteiger partial charge in [0.05, 0.1) is 34.0 Å². The standard InChI is InChI=1S/C30H28BrClF7N7O3/c1-29(2,14-46-21(10-22(43-46)30(37,38)39)16-4-5-23(47)44(3)13-16)42-26(48)20(8-15-11-40-45(12-15)28(35)36)41-27(49)24-17(6-7-32)25(31)19(34)9-18(24)33/h4-5,9-13,20,28H,6-8,14H2,1-3H3,(H,41,49)(H,42,48)/t20-/m1/s1. The highest BCUT2D eigenvalue weighted by Gasteiger charge is 2.37. The van der Waals surface area contributed by atoms with Crippen molar-refractivity contribution in [2.45, 2.75) is 57.5 Å². The van der Waals surface area contributed by atoms with E-state index >= 15 is 0 Å². The summed E-state index contributed by atoms with van der Waals surface area (Å²) in [6.07, 6.45) is -2.14. The molecular weight excluding hydrogens is 755 g/mol. The number of amides is 2. The Morgan fingerprint density at radius 1 is 1.08 bits per heavy atom. The van der Waals surface area contributed by atoms with Gasteiger partial charge >= 0.3 is 12.7 Å². The zero-order valence-electron chi connectivity index (χ0n) is 25.9. The Morgan fingerprint density at radius 2 is 1.78 bits per heavy atom. The van der Waals surface area contributed by atoms with E-state index in [1.807, 2.05) is 0 Å². The zero-order chi connectivity index (χ0) is 36.4. The molecule has 0 bridgehead atoms. The number of pyridine rings is 1. The Bertz CT molecular complexity index is 1920. The van der Waals surface area contributed by atoms with Crippen LogP contribution in [0.1, 0.15) is 47.6 Å². The van der Waals surface area contributed by atoms with E-state index in [1.54, 1.807) is 0 Å². The summed E-state index contributed by atoms with van der Waals surface area (Å²) >= 11 is 8.77. The number of nitrogens with one attached hydrogen (secondary N) is 2. The average Bonchev–Trinajstić information content (AvgIpc) is 3.64. The van der Waals surface area contributed by atoms with Crippen LogP contribution >= 0.6 is 27.5 Å². The molecule has 2 amide bonds. The van der Waals surface area contributed by atoms with Crippen LogP contribution in [0.3, 0.4) is 0 Å². The molecule has 0 saturated carbocycles. The number of hydrogen-bond donors (Lipinski definition) is 2. The summed E-state index contributed by atoms with van der Waals surface area (Å²) in [7, 11) is 1.41. The van der Waals surface area contributed by atoms with Gasteiger partial charge in [-0.2, -0.15) is 32.1 Å². The molecule has 3 heterocycles. The molecule has 264 valence electrons. The van der Waals surface area contributed by atoms with E-state index < -0.39 is 71.0 Å². The summed E-state index contributed by atoms with van der Waals surface area (Å²) in [5, 5.41) is 12.2. The van der Waals surface area contributed by atoms with Crippen LogP contribution in [0, 0.1) is 11.6 Å². The van der Waals surface area contributed by atoms with Gasteiger partial charge in [-0.1, -0.05) is 0 Å². The molecule has 4 aromatic rings. The van der Waals surface area contributed by atoms with E-state index in [9.17, 15) is 45.1 Å². The van der Waals surface area contributed by atoms with Gasteiger partial charge < -0.3 is 15.2 Å². The summed E-state index contributed by atoms with van der Waals surface area (Å²) < 4.78 is 99.0. The van der Waals surface area contributed by atoms with Gasteiger partial charge in [-0.05, 0) is 59.5 Å². The summed E-state index contributed by atoms with van der Waals surface area (Å²) in [5.74, 6) is -4.48. The quantitative estimate of drug-likeness (QED) is 0.110. The summed E-state index contributed by atoms with van der Waals surface area (Å²) in [6.45, 7) is -0.479. The first-order valence-electron chi connectivity index (χ1n) is 14.3. The molecule has 49 heavy (non-hydrogen) atoms. The third-order valence-corrected chi connectivity index (χ3v) is 8.26. The summed E-state index contributed by atoms with van der Waals surface area (Å²) in [4.78, 5) is 39.1. The highest BCUT2D eigenvalue weighted by molar-refractivity contribution is 9.10. The number of nitrogens with zero attached hydrogens (tertiary/aromatic N) is 5. The molecule has 1 atom stereocenters. The largest absolute Gasteiger partial charge is 0.435 e. The Morgan fingerprint density at radius 3 is 2.37 bits per heavy atom. The first-order chi connectivity index (χ1) is 22.8. The van der Waals surface area contributed by atoms with Crippen molar-refractivity contribution in [3.63, 3.8) is 0 Å². The summed E-state index contributed by atoms with van der Waals surface area (Å²) in [6, 6.07) is 2.15. The maximum atomic E-state index is 15.0. The minimum Gasteiger partial charge on any atom is -0.348 e. The van der Waals surface area contributed by atoms with Gasteiger partial charge in [-0.3, -0.25) is 19.1 Å². The number of benzene rings is 1. The van der Waals surface area contributed by atoms with Crippen LogP contribution in [0.25, 0.3) is 11.3 Å². The van der Waals surface area contributed by atoms with Crippen molar-refractivity contribution in [2.24, 2.45) is 7.05 Å². The Kier molecular flexibility index (Phi) is 11.3. The number of carbonyl (C=O) groups excluding carboxylic acids is 2. The number of alkyl halides is 6. The van der Waals surface area contributed by atoms with Gasteiger partial charge in [0, 0.05) is 49.4 Å². The Balaban J connectivity index is 1.68. The molecule has 3 aromatic heterocycles. The maximum absolute atomic E-state index is 15.0. The van der Waals surface area contributed by atoms with Crippen LogP contribution < -0.4 is 16.2 Å². The third kappa shape index (κ3) is 8.89. The molecule has 0 radical (unpaired) electrons. The minimum atomic E-state index is -4.83. The molecule has 2 N–H and O–H groups in total. The van der Waals surface area contributed by atoms with Crippen LogP contribution in [-0.4, -0.2) is 53.4 Å². The predicted octanol–water partition coefficient (Wildman–Crippen LogP) is 5.62. The van der Waals surface area contributed by atoms with Crippen molar-refractivity contribution in [1.29, 1.82) is 0 Å². The molecule has 10 nitrogen and oxygen atoms in total. The number of halogens is 9. The molecule has 0 aliphatic heterocycles. The SMILES string of the molecule is Cn1cc(-c2cc(C(F)(F)F)nn2CC(C)(C)NC(=O)[C@@H](Cc2cnn(C(F)F)c2)NC(=O)c2c(F)cc(F)c(Br)c2CCCl)ccc1=O. The number of aryl methyl sites for hydroxylation is 1. The highest BCUT2D eigenvalue weighted by atomic mass is 79.9. The van der Waals surface area contributed by atoms with Gasteiger partial charge in [-0.15, -0.1) is 11.6 Å². The molecule has 0 saturated heterocycles. The van der Waals surface area contributed by atoms with E-state index in [0.29, 0.717) is 10.7 Å². The first kappa shape index (κ1) is 37.6. The number of carbonyl (C=O) groups is 2. The van der Waals surface area contributed by atoms with E-state index in [1.165, 1.54) is 33.2 Å². The topological polar surface area (TPSA) is 116 Å². The highest BCUT2D eigenvalue weighted by Crippen LogP contribution is 2.32. The third-order valence-electron chi connectivity index (χ3n) is 7.22. The fourth-order valence-electron chi connectivity index (χ4n) is 4.97.